The molecule has 0 aliphatic heterocycles. The van der Waals surface area contributed by atoms with Gasteiger partial charge < -0.3 is 8.98 Å². The van der Waals surface area contributed by atoms with Crippen LogP contribution in [0.2, 0.25) is 0 Å². The highest BCUT2D eigenvalue weighted by molar-refractivity contribution is 6.18. The zero-order valence-electron chi connectivity index (χ0n) is 26.0. The molecule has 10 rings (SSSR count). The second-order valence-corrected chi connectivity index (χ2v) is 13.0. The number of benzene rings is 6. The standard InChI is InChI=1S/C43H29N3O/c1-43(2)32-20-9-6-17-29(32)37-33(43)23-24-35-38(37)30-18-7-10-21-34(30)46(35)28-16-12-15-27(25-28)40-39-31-19-8-11-22-36(31)47-42(39)45-41(44-40)26-13-4-3-5-14-26/h3-25H,1-2H3. The van der Waals surface area contributed by atoms with Gasteiger partial charge in [0.2, 0.25) is 5.71 Å². The Morgan fingerprint density at radius 3 is 2.21 bits per heavy atom. The normalized spacial score (nSPS) is 13.5. The highest BCUT2D eigenvalue weighted by Crippen LogP contribution is 2.53. The van der Waals surface area contributed by atoms with Crippen molar-refractivity contribution in [1.82, 2.24) is 14.5 Å². The zero-order chi connectivity index (χ0) is 31.3. The molecule has 47 heavy (non-hydrogen) atoms. The van der Waals surface area contributed by atoms with Gasteiger partial charge in [-0.25, -0.2) is 4.98 Å². The van der Waals surface area contributed by atoms with Gasteiger partial charge in [-0.2, -0.15) is 4.98 Å². The van der Waals surface area contributed by atoms with E-state index in [0.717, 1.165) is 38.9 Å². The van der Waals surface area contributed by atoms with Crippen LogP contribution in [0.5, 0.6) is 0 Å². The molecule has 3 aromatic heterocycles. The predicted octanol–water partition coefficient (Wildman–Crippen LogP) is 11.1. The van der Waals surface area contributed by atoms with Crippen molar-refractivity contribution in [3.63, 3.8) is 0 Å². The van der Waals surface area contributed by atoms with E-state index in [1.165, 1.54) is 44.1 Å². The topological polar surface area (TPSA) is 43.9 Å². The first-order chi connectivity index (χ1) is 23.1. The molecule has 0 unspecified atom stereocenters. The third-order valence-corrected chi connectivity index (χ3v) is 10.0. The van der Waals surface area contributed by atoms with Crippen molar-refractivity contribution in [3.05, 3.63) is 151 Å². The molecule has 6 aromatic carbocycles. The maximum atomic E-state index is 6.33. The van der Waals surface area contributed by atoms with E-state index in [-0.39, 0.29) is 5.41 Å². The van der Waals surface area contributed by atoms with Gasteiger partial charge in [-0.15, -0.1) is 0 Å². The smallest absolute Gasteiger partial charge is 0.231 e. The van der Waals surface area contributed by atoms with Gasteiger partial charge in [-0.1, -0.05) is 123 Å². The number of fused-ring (bicyclic) bond motifs is 10. The minimum Gasteiger partial charge on any atom is -0.438 e. The summed E-state index contributed by atoms with van der Waals surface area (Å²) >= 11 is 0. The number of rotatable bonds is 3. The van der Waals surface area contributed by atoms with E-state index in [9.17, 15) is 0 Å². The molecule has 4 nitrogen and oxygen atoms in total. The van der Waals surface area contributed by atoms with E-state index < -0.39 is 0 Å². The van der Waals surface area contributed by atoms with E-state index in [0.29, 0.717) is 11.5 Å². The lowest BCUT2D eigenvalue weighted by molar-refractivity contribution is 0.653. The van der Waals surface area contributed by atoms with Crippen LogP contribution in [0.3, 0.4) is 0 Å². The minimum atomic E-state index is -0.0640. The summed E-state index contributed by atoms with van der Waals surface area (Å²) in [4.78, 5) is 10.1. The summed E-state index contributed by atoms with van der Waals surface area (Å²) in [6.45, 7) is 4.69. The van der Waals surface area contributed by atoms with Crippen LogP contribution in [0, 0.1) is 0 Å². The van der Waals surface area contributed by atoms with Gasteiger partial charge in [0.25, 0.3) is 0 Å². The van der Waals surface area contributed by atoms with E-state index in [1.807, 2.05) is 48.5 Å². The third-order valence-electron chi connectivity index (χ3n) is 10.0. The molecule has 0 atom stereocenters. The Bertz CT molecular complexity index is 2710. The van der Waals surface area contributed by atoms with Crippen molar-refractivity contribution in [1.29, 1.82) is 0 Å². The highest BCUT2D eigenvalue weighted by Gasteiger charge is 2.37. The molecule has 0 amide bonds. The van der Waals surface area contributed by atoms with Crippen molar-refractivity contribution in [2.75, 3.05) is 0 Å². The van der Waals surface area contributed by atoms with Gasteiger partial charge >= 0.3 is 0 Å². The summed E-state index contributed by atoms with van der Waals surface area (Å²) < 4.78 is 8.74. The Labute approximate surface area is 271 Å². The fourth-order valence-corrected chi connectivity index (χ4v) is 7.87. The number of hydrogen-bond acceptors (Lipinski definition) is 3. The summed E-state index contributed by atoms with van der Waals surface area (Å²) in [5.74, 6) is 0.645. The molecule has 0 fully saturated rings. The van der Waals surface area contributed by atoms with Gasteiger partial charge in [0.1, 0.15) is 5.58 Å². The maximum Gasteiger partial charge on any atom is 0.231 e. The van der Waals surface area contributed by atoms with Crippen LogP contribution in [-0.4, -0.2) is 14.5 Å². The highest BCUT2D eigenvalue weighted by atomic mass is 16.3. The molecule has 4 heteroatoms. The number of aromatic nitrogens is 3. The van der Waals surface area contributed by atoms with E-state index in [1.54, 1.807) is 0 Å². The molecule has 1 aliphatic rings. The van der Waals surface area contributed by atoms with Gasteiger partial charge in [0.15, 0.2) is 5.82 Å². The van der Waals surface area contributed by atoms with Crippen LogP contribution in [0.25, 0.3) is 83.3 Å². The van der Waals surface area contributed by atoms with Crippen LogP contribution in [0.1, 0.15) is 25.0 Å². The summed E-state index contributed by atoms with van der Waals surface area (Å²) in [5.41, 5.74) is 13.1. The molecule has 0 bridgehead atoms. The van der Waals surface area contributed by atoms with Gasteiger partial charge in [0.05, 0.1) is 22.1 Å². The first kappa shape index (κ1) is 26.2. The lowest BCUT2D eigenvalue weighted by atomic mass is 9.82. The van der Waals surface area contributed by atoms with Gasteiger partial charge in [-0.3, -0.25) is 0 Å². The molecule has 0 N–H and O–H groups in total. The Balaban J connectivity index is 1.26. The average Bonchev–Trinajstić information content (AvgIpc) is 3.74. The summed E-state index contributed by atoms with van der Waals surface area (Å²) in [7, 11) is 0. The Kier molecular flexibility index (Phi) is 5.31. The van der Waals surface area contributed by atoms with Crippen LogP contribution >= 0.6 is 0 Å². The van der Waals surface area contributed by atoms with E-state index in [4.69, 9.17) is 14.4 Å². The third kappa shape index (κ3) is 3.64. The molecule has 0 saturated heterocycles. The SMILES string of the molecule is CC1(C)c2ccccc2-c2c1ccc1c2c2ccccc2n1-c1cccc(-c2nc(-c3ccccc3)nc3oc4ccccc4c23)c1. The second-order valence-electron chi connectivity index (χ2n) is 13.0. The van der Waals surface area contributed by atoms with Crippen LogP contribution in [-0.2, 0) is 5.41 Å². The Morgan fingerprint density at radius 2 is 1.32 bits per heavy atom. The van der Waals surface area contributed by atoms with Crippen molar-refractivity contribution in [2.45, 2.75) is 19.3 Å². The molecule has 222 valence electrons. The number of hydrogen-bond donors (Lipinski definition) is 0. The second kappa shape index (κ2) is 9.51. The van der Waals surface area contributed by atoms with E-state index >= 15 is 0 Å². The van der Waals surface area contributed by atoms with Crippen LogP contribution in [0.4, 0.5) is 0 Å². The van der Waals surface area contributed by atoms with Crippen molar-refractivity contribution < 1.29 is 4.42 Å². The summed E-state index contributed by atoms with van der Waals surface area (Å²) in [5, 5.41) is 4.50. The number of furan rings is 1. The molecular formula is C43H29N3O. The fourth-order valence-electron chi connectivity index (χ4n) is 7.87. The predicted molar refractivity (Wildman–Crippen MR) is 192 cm³/mol. The first-order valence-corrected chi connectivity index (χ1v) is 16.1. The average molecular weight is 604 g/mol. The fraction of sp³-hybridized carbons (Fsp3) is 0.0698. The van der Waals surface area contributed by atoms with Crippen molar-refractivity contribution in [3.8, 4) is 39.5 Å². The van der Waals surface area contributed by atoms with Crippen molar-refractivity contribution in [2.24, 2.45) is 0 Å². The lowest BCUT2D eigenvalue weighted by Gasteiger charge is -2.21. The first-order valence-electron chi connectivity index (χ1n) is 16.1. The molecule has 0 spiro atoms. The number of para-hydroxylation sites is 2. The minimum absolute atomic E-state index is 0.0640. The molecule has 0 radical (unpaired) electrons. The van der Waals surface area contributed by atoms with Crippen LogP contribution in [0.15, 0.2) is 144 Å². The molecule has 1 aliphatic carbocycles. The molecule has 3 heterocycles. The van der Waals surface area contributed by atoms with Crippen LogP contribution < -0.4 is 0 Å². The maximum absolute atomic E-state index is 6.33. The molecular weight excluding hydrogens is 574 g/mol. The Hall–Kier alpha value is -6.00. The Morgan fingerprint density at radius 1 is 0.574 bits per heavy atom. The summed E-state index contributed by atoms with van der Waals surface area (Å²) in [6.07, 6.45) is 0. The molecule has 0 saturated carbocycles. The zero-order valence-corrected chi connectivity index (χ0v) is 26.0. The quantitative estimate of drug-likeness (QED) is 0.202. The van der Waals surface area contributed by atoms with Gasteiger partial charge in [-0.05, 0) is 52.6 Å². The van der Waals surface area contributed by atoms with Gasteiger partial charge in [0, 0.05) is 38.4 Å². The van der Waals surface area contributed by atoms with Crippen molar-refractivity contribution >= 4 is 43.9 Å². The lowest BCUT2D eigenvalue weighted by Crippen LogP contribution is -2.14. The molecule has 9 aromatic rings. The monoisotopic (exact) mass is 603 g/mol. The largest absolute Gasteiger partial charge is 0.438 e. The van der Waals surface area contributed by atoms with E-state index in [2.05, 4.69) is 109 Å². The number of nitrogens with zero attached hydrogens (tertiary/aromatic N) is 3. The summed E-state index contributed by atoms with van der Waals surface area (Å²) in [6, 6.07) is 49.3.